The standard InChI is InChI=1S/C20H18N2O6/c1-26-14-8-5-13(6-9-14)22-19(24)16(18(23)21-20(22)25)10-12-4-7-15(27-2)11-17(12)28-3/h4-11H,1-3H3,(H,21,23,25)/b16-10+. The van der Waals surface area contributed by atoms with Crippen LogP contribution in [0.4, 0.5) is 10.5 Å². The Balaban J connectivity index is 2.01. The predicted octanol–water partition coefficient (Wildman–Crippen LogP) is 2.38. The largest absolute Gasteiger partial charge is 0.497 e. The molecular formula is C20H18N2O6. The highest BCUT2D eigenvalue weighted by molar-refractivity contribution is 6.39. The van der Waals surface area contributed by atoms with Gasteiger partial charge in [0.2, 0.25) is 0 Å². The van der Waals surface area contributed by atoms with Gasteiger partial charge in [0.15, 0.2) is 0 Å². The Morgan fingerprint density at radius 2 is 1.50 bits per heavy atom. The number of nitrogens with zero attached hydrogens (tertiary/aromatic N) is 1. The molecule has 0 spiro atoms. The van der Waals surface area contributed by atoms with Crippen molar-refractivity contribution in [1.29, 1.82) is 0 Å². The van der Waals surface area contributed by atoms with Gasteiger partial charge in [-0.2, -0.15) is 0 Å². The van der Waals surface area contributed by atoms with Crippen LogP contribution in [0.25, 0.3) is 6.08 Å². The van der Waals surface area contributed by atoms with E-state index in [4.69, 9.17) is 14.2 Å². The number of rotatable bonds is 5. The number of methoxy groups -OCH3 is 3. The second-order valence-corrected chi connectivity index (χ2v) is 5.76. The van der Waals surface area contributed by atoms with Crippen molar-refractivity contribution in [3.05, 3.63) is 53.6 Å². The quantitative estimate of drug-likeness (QED) is 0.630. The van der Waals surface area contributed by atoms with Gasteiger partial charge < -0.3 is 14.2 Å². The van der Waals surface area contributed by atoms with Crippen LogP contribution in [-0.4, -0.2) is 39.2 Å². The molecule has 0 unspecified atom stereocenters. The second-order valence-electron chi connectivity index (χ2n) is 5.76. The fraction of sp³-hybridized carbons (Fsp3) is 0.150. The number of barbiturate groups is 1. The molecule has 8 heteroatoms. The Kier molecular flexibility index (Phi) is 5.30. The minimum absolute atomic E-state index is 0.195. The molecule has 0 bridgehead atoms. The first kappa shape index (κ1) is 19.0. The number of hydrogen-bond acceptors (Lipinski definition) is 6. The molecule has 0 aromatic heterocycles. The number of carbonyl (C=O) groups excluding carboxylic acids is 3. The Labute approximate surface area is 161 Å². The number of anilines is 1. The molecule has 0 aliphatic carbocycles. The summed E-state index contributed by atoms with van der Waals surface area (Å²) in [6.45, 7) is 0. The SMILES string of the molecule is COc1ccc(N2C(=O)NC(=O)/C(=C\c3ccc(OC)cc3OC)C2=O)cc1. The van der Waals surface area contributed by atoms with Crippen molar-refractivity contribution in [2.45, 2.75) is 0 Å². The molecule has 0 saturated carbocycles. The van der Waals surface area contributed by atoms with Crippen LogP contribution in [0.15, 0.2) is 48.0 Å². The molecule has 8 nitrogen and oxygen atoms in total. The molecule has 0 atom stereocenters. The lowest BCUT2D eigenvalue weighted by Crippen LogP contribution is -2.54. The molecule has 144 valence electrons. The number of nitrogens with one attached hydrogen (secondary N) is 1. The normalized spacial score (nSPS) is 15.5. The molecule has 1 aliphatic heterocycles. The van der Waals surface area contributed by atoms with E-state index in [1.54, 1.807) is 42.5 Å². The Morgan fingerprint density at radius 1 is 0.857 bits per heavy atom. The molecule has 1 saturated heterocycles. The van der Waals surface area contributed by atoms with E-state index in [9.17, 15) is 14.4 Å². The van der Waals surface area contributed by atoms with Gasteiger partial charge in [-0.1, -0.05) is 0 Å². The van der Waals surface area contributed by atoms with E-state index in [1.807, 2.05) is 0 Å². The molecule has 1 aliphatic rings. The van der Waals surface area contributed by atoms with Crippen molar-refractivity contribution in [2.75, 3.05) is 26.2 Å². The average molecular weight is 382 g/mol. The van der Waals surface area contributed by atoms with Crippen LogP contribution in [0.1, 0.15) is 5.56 Å². The maximum atomic E-state index is 12.9. The monoisotopic (exact) mass is 382 g/mol. The lowest BCUT2D eigenvalue weighted by Gasteiger charge is -2.26. The topological polar surface area (TPSA) is 94.2 Å². The van der Waals surface area contributed by atoms with Crippen LogP contribution >= 0.6 is 0 Å². The molecule has 1 N–H and O–H groups in total. The van der Waals surface area contributed by atoms with Gasteiger partial charge in [-0.05, 0) is 42.5 Å². The number of carbonyl (C=O) groups is 3. The third-order valence-corrected chi connectivity index (χ3v) is 4.17. The smallest absolute Gasteiger partial charge is 0.335 e. The number of hydrogen-bond donors (Lipinski definition) is 1. The van der Waals surface area contributed by atoms with Gasteiger partial charge in [-0.15, -0.1) is 0 Å². The zero-order valence-corrected chi connectivity index (χ0v) is 15.5. The van der Waals surface area contributed by atoms with Crippen molar-refractivity contribution in [1.82, 2.24) is 5.32 Å². The van der Waals surface area contributed by atoms with Gasteiger partial charge >= 0.3 is 6.03 Å². The van der Waals surface area contributed by atoms with E-state index in [-0.39, 0.29) is 5.57 Å². The molecule has 2 aromatic rings. The Bertz CT molecular complexity index is 965. The Morgan fingerprint density at radius 3 is 2.11 bits per heavy atom. The van der Waals surface area contributed by atoms with Gasteiger partial charge in [0.1, 0.15) is 22.8 Å². The summed E-state index contributed by atoms with van der Waals surface area (Å²) in [5.41, 5.74) is 0.605. The fourth-order valence-electron chi connectivity index (χ4n) is 2.72. The summed E-state index contributed by atoms with van der Waals surface area (Å²) in [5.74, 6) is 0.0339. The summed E-state index contributed by atoms with van der Waals surface area (Å²) >= 11 is 0. The van der Waals surface area contributed by atoms with E-state index in [2.05, 4.69) is 5.32 Å². The third-order valence-electron chi connectivity index (χ3n) is 4.17. The lowest BCUT2D eigenvalue weighted by molar-refractivity contribution is -0.122. The first-order chi connectivity index (χ1) is 13.5. The van der Waals surface area contributed by atoms with Gasteiger partial charge in [-0.3, -0.25) is 14.9 Å². The minimum Gasteiger partial charge on any atom is -0.497 e. The van der Waals surface area contributed by atoms with Crippen molar-refractivity contribution in [3.8, 4) is 17.2 Å². The zero-order chi connectivity index (χ0) is 20.3. The summed E-state index contributed by atoms with van der Waals surface area (Å²) < 4.78 is 15.5. The lowest BCUT2D eigenvalue weighted by atomic mass is 10.1. The summed E-state index contributed by atoms with van der Waals surface area (Å²) in [4.78, 5) is 38.3. The third kappa shape index (κ3) is 3.52. The number of ether oxygens (including phenoxy) is 3. The van der Waals surface area contributed by atoms with E-state index >= 15 is 0 Å². The molecule has 28 heavy (non-hydrogen) atoms. The van der Waals surface area contributed by atoms with Crippen molar-refractivity contribution >= 4 is 29.6 Å². The van der Waals surface area contributed by atoms with E-state index in [0.717, 1.165) is 4.90 Å². The first-order valence-electron chi connectivity index (χ1n) is 8.26. The average Bonchev–Trinajstić information content (AvgIpc) is 2.71. The molecule has 0 radical (unpaired) electrons. The summed E-state index contributed by atoms with van der Waals surface area (Å²) in [6, 6.07) is 10.5. The second kappa shape index (κ2) is 7.83. The highest BCUT2D eigenvalue weighted by Crippen LogP contribution is 2.29. The molecule has 1 heterocycles. The predicted molar refractivity (Wildman–Crippen MR) is 102 cm³/mol. The van der Waals surface area contributed by atoms with Gasteiger partial charge in [0, 0.05) is 11.6 Å². The maximum absolute atomic E-state index is 12.9. The summed E-state index contributed by atoms with van der Waals surface area (Å²) in [6.07, 6.45) is 1.37. The number of benzene rings is 2. The van der Waals surface area contributed by atoms with Crippen LogP contribution in [-0.2, 0) is 9.59 Å². The highest BCUT2D eigenvalue weighted by Gasteiger charge is 2.37. The molecule has 2 aromatic carbocycles. The summed E-state index contributed by atoms with van der Waals surface area (Å²) in [7, 11) is 4.49. The van der Waals surface area contributed by atoms with Crippen molar-refractivity contribution in [2.24, 2.45) is 0 Å². The summed E-state index contributed by atoms with van der Waals surface area (Å²) in [5, 5.41) is 2.18. The van der Waals surface area contributed by atoms with Gasteiger partial charge in [0.25, 0.3) is 11.8 Å². The number of amides is 4. The fourth-order valence-corrected chi connectivity index (χ4v) is 2.72. The van der Waals surface area contributed by atoms with Gasteiger partial charge in [-0.25, -0.2) is 9.69 Å². The molecule has 4 amide bonds. The highest BCUT2D eigenvalue weighted by atomic mass is 16.5. The van der Waals surface area contributed by atoms with Gasteiger partial charge in [0.05, 0.1) is 27.0 Å². The van der Waals surface area contributed by atoms with Crippen molar-refractivity contribution in [3.63, 3.8) is 0 Å². The molecule has 3 rings (SSSR count). The van der Waals surface area contributed by atoms with Crippen LogP contribution in [0.5, 0.6) is 17.2 Å². The maximum Gasteiger partial charge on any atom is 0.335 e. The van der Waals surface area contributed by atoms with E-state index in [1.165, 1.54) is 27.4 Å². The minimum atomic E-state index is -0.820. The number of imide groups is 2. The Hall–Kier alpha value is -3.81. The van der Waals surface area contributed by atoms with Crippen molar-refractivity contribution < 1.29 is 28.6 Å². The number of urea groups is 1. The zero-order valence-electron chi connectivity index (χ0n) is 15.5. The van der Waals surface area contributed by atoms with Crippen LogP contribution < -0.4 is 24.4 Å². The molecular weight excluding hydrogens is 364 g/mol. The van der Waals surface area contributed by atoms with Crippen LogP contribution in [0.2, 0.25) is 0 Å². The van der Waals surface area contributed by atoms with E-state index in [0.29, 0.717) is 28.5 Å². The van der Waals surface area contributed by atoms with E-state index < -0.39 is 17.8 Å². The van der Waals surface area contributed by atoms with Crippen LogP contribution in [0, 0.1) is 0 Å². The molecule has 1 fully saturated rings. The first-order valence-corrected chi connectivity index (χ1v) is 8.26. The van der Waals surface area contributed by atoms with Crippen LogP contribution in [0.3, 0.4) is 0 Å².